The van der Waals surface area contributed by atoms with E-state index in [9.17, 15) is 24.0 Å². The van der Waals surface area contributed by atoms with Gasteiger partial charge in [-0.3, -0.25) is 14.4 Å². The van der Waals surface area contributed by atoms with E-state index in [1.807, 2.05) is 44.2 Å². The predicted octanol–water partition coefficient (Wildman–Crippen LogP) is 2.60. The second kappa shape index (κ2) is 17.0. The number of rotatable bonds is 15. The van der Waals surface area contributed by atoms with Gasteiger partial charge in [-0.15, -0.1) is 0 Å². The molecule has 0 unspecified atom stereocenters. The summed E-state index contributed by atoms with van der Waals surface area (Å²) in [6, 6.07) is 6.67. The quantitative estimate of drug-likeness (QED) is 0.186. The fourth-order valence-electron chi connectivity index (χ4n) is 4.42. The highest BCUT2D eigenvalue weighted by Crippen LogP contribution is 2.18. The first-order chi connectivity index (χ1) is 19.5. The molecule has 0 saturated carbocycles. The van der Waals surface area contributed by atoms with Crippen LogP contribution in [0.15, 0.2) is 42.5 Å². The Hall–Kier alpha value is -3.89. The van der Waals surface area contributed by atoms with Crippen LogP contribution in [0.25, 0.3) is 0 Å². The molecule has 0 spiro atoms. The molecule has 4 amide bonds. The van der Waals surface area contributed by atoms with Crippen LogP contribution >= 0.6 is 0 Å². The van der Waals surface area contributed by atoms with Gasteiger partial charge in [0, 0.05) is 24.6 Å². The maximum Gasteiger partial charge on any atom is 0.408 e. The number of nitrogens with one attached hydrogen (secondary N) is 4. The van der Waals surface area contributed by atoms with Gasteiger partial charge in [-0.2, -0.15) is 0 Å². The standard InChI is InChI=1S/C30H44N4O7/c1-6-40-25(35)13-12-23(17-22-14-15-31-27(22)36)32-28(37)24(16-19(2)3)33-29(38)26(20(4)5)34-30(39)41-18-21-10-8-7-9-11-21/h7-13,19-20,22-24,26H,6,14-18H2,1-5H3,(H,31,36)(H,32,37)(H,33,38)(H,34,39)/t22-,23+,24-,26-/m0/s1. The van der Waals surface area contributed by atoms with Gasteiger partial charge in [-0.1, -0.05) is 64.1 Å². The van der Waals surface area contributed by atoms with Crippen molar-refractivity contribution >= 4 is 29.8 Å². The molecule has 1 fully saturated rings. The van der Waals surface area contributed by atoms with Crippen LogP contribution in [0.1, 0.15) is 59.4 Å². The van der Waals surface area contributed by atoms with E-state index in [4.69, 9.17) is 9.47 Å². The highest BCUT2D eigenvalue weighted by atomic mass is 16.5. The SMILES string of the molecule is CCOC(=O)C=C[C@H](C[C@@H]1CCNC1=O)NC(=O)[C@H](CC(C)C)NC(=O)[C@@H](NC(=O)OCc1ccccc1)C(C)C. The third-order valence-corrected chi connectivity index (χ3v) is 6.56. The van der Waals surface area contributed by atoms with Crippen LogP contribution < -0.4 is 21.3 Å². The van der Waals surface area contributed by atoms with Crippen molar-refractivity contribution in [3.8, 4) is 0 Å². The van der Waals surface area contributed by atoms with Crippen molar-refractivity contribution in [2.24, 2.45) is 17.8 Å². The average Bonchev–Trinajstić information content (AvgIpc) is 3.32. The van der Waals surface area contributed by atoms with Crippen molar-refractivity contribution in [2.45, 2.75) is 78.6 Å². The Morgan fingerprint density at radius 3 is 2.29 bits per heavy atom. The van der Waals surface area contributed by atoms with Gasteiger partial charge < -0.3 is 30.7 Å². The zero-order chi connectivity index (χ0) is 30.4. The first-order valence-electron chi connectivity index (χ1n) is 14.2. The first-order valence-corrected chi connectivity index (χ1v) is 14.2. The van der Waals surface area contributed by atoms with Crippen LogP contribution in [0.5, 0.6) is 0 Å². The molecule has 0 aromatic heterocycles. The summed E-state index contributed by atoms with van der Waals surface area (Å²) in [6.45, 7) is 9.91. The Morgan fingerprint density at radius 2 is 1.71 bits per heavy atom. The van der Waals surface area contributed by atoms with Crippen molar-refractivity contribution in [1.82, 2.24) is 21.3 Å². The van der Waals surface area contributed by atoms with Gasteiger partial charge in [-0.05, 0) is 43.6 Å². The van der Waals surface area contributed by atoms with E-state index >= 15 is 0 Å². The lowest BCUT2D eigenvalue weighted by Crippen LogP contribution is -2.56. The molecule has 0 radical (unpaired) electrons. The highest BCUT2D eigenvalue weighted by molar-refractivity contribution is 5.92. The number of hydrogen-bond donors (Lipinski definition) is 4. The molecule has 1 aliphatic heterocycles. The fourth-order valence-corrected chi connectivity index (χ4v) is 4.42. The smallest absolute Gasteiger partial charge is 0.408 e. The molecule has 226 valence electrons. The molecule has 2 rings (SSSR count). The van der Waals surface area contributed by atoms with Crippen LogP contribution in [0.2, 0.25) is 0 Å². The summed E-state index contributed by atoms with van der Waals surface area (Å²) in [4.78, 5) is 63.3. The van der Waals surface area contributed by atoms with E-state index in [-0.39, 0.29) is 36.9 Å². The average molecular weight is 573 g/mol. The van der Waals surface area contributed by atoms with Crippen LogP contribution in [0.4, 0.5) is 4.79 Å². The number of alkyl carbamates (subject to hydrolysis) is 1. The minimum atomic E-state index is -0.942. The second-order valence-electron chi connectivity index (χ2n) is 10.9. The normalized spacial score (nSPS) is 17.0. The van der Waals surface area contributed by atoms with Crippen LogP contribution in [-0.2, 0) is 35.3 Å². The van der Waals surface area contributed by atoms with E-state index in [1.165, 1.54) is 12.2 Å². The molecule has 1 saturated heterocycles. The molecular weight excluding hydrogens is 528 g/mol. The molecule has 0 bridgehead atoms. The van der Waals surface area contributed by atoms with Gasteiger partial charge in [0.25, 0.3) is 0 Å². The van der Waals surface area contributed by atoms with Gasteiger partial charge in [-0.25, -0.2) is 9.59 Å². The third kappa shape index (κ3) is 12.0. The van der Waals surface area contributed by atoms with Crippen molar-refractivity contribution in [3.05, 3.63) is 48.0 Å². The lowest BCUT2D eigenvalue weighted by Gasteiger charge is -2.27. The Bertz CT molecular complexity index is 1060. The van der Waals surface area contributed by atoms with Crippen LogP contribution in [-0.4, -0.2) is 61.1 Å². The summed E-state index contributed by atoms with van der Waals surface area (Å²) in [5, 5.41) is 11.1. The van der Waals surface area contributed by atoms with Gasteiger partial charge in [0.15, 0.2) is 0 Å². The molecule has 41 heavy (non-hydrogen) atoms. The topological polar surface area (TPSA) is 152 Å². The Kier molecular flexibility index (Phi) is 13.8. The lowest BCUT2D eigenvalue weighted by atomic mass is 9.96. The second-order valence-corrected chi connectivity index (χ2v) is 10.9. The number of benzene rings is 1. The number of carbonyl (C=O) groups is 5. The monoisotopic (exact) mass is 572 g/mol. The van der Waals surface area contributed by atoms with Gasteiger partial charge in [0.05, 0.1) is 6.61 Å². The van der Waals surface area contributed by atoms with Crippen molar-refractivity contribution in [2.75, 3.05) is 13.2 Å². The van der Waals surface area contributed by atoms with Gasteiger partial charge in [0.2, 0.25) is 17.7 Å². The molecule has 0 aliphatic carbocycles. The number of carbonyl (C=O) groups excluding carboxylic acids is 5. The Labute approximate surface area is 242 Å². The maximum absolute atomic E-state index is 13.4. The van der Waals surface area contributed by atoms with E-state index in [1.54, 1.807) is 20.8 Å². The van der Waals surface area contributed by atoms with Gasteiger partial charge >= 0.3 is 12.1 Å². The number of hydrogen-bond acceptors (Lipinski definition) is 7. The fraction of sp³-hybridized carbons (Fsp3) is 0.567. The maximum atomic E-state index is 13.4. The Balaban J connectivity index is 2.10. The predicted molar refractivity (Wildman–Crippen MR) is 153 cm³/mol. The van der Waals surface area contributed by atoms with Crippen molar-refractivity contribution < 1.29 is 33.4 Å². The highest BCUT2D eigenvalue weighted by Gasteiger charge is 2.32. The molecule has 4 N–H and O–H groups in total. The molecule has 11 nitrogen and oxygen atoms in total. The largest absolute Gasteiger partial charge is 0.463 e. The molecule has 1 aliphatic rings. The summed E-state index contributed by atoms with van der Waals surface area (Å²) in [5.74, 6) is -2.19. The number of amides is 4. The summed E-state index contributed by atoms with van der Waals surface area (Å²) in [7, 11) is 0. The van der Waals surface area contributed by atoms with E-state index in [2.05, 4.69) is 21.3 Å². The lowest BCUT2D eigenvalue weighted by molar-refractivity contribution is -0.137. The minimum Gasteiger partial charge on any atom is -0.463 e. The molecule has 1 aromatic carbocycles. The first kappa shape index (κ1) is 33.3. The van der Waals surface area contributed by atoms with Crippen LogP contribution in [0, 0.1) is 17.8 Å². The summed E-state index contributed by atoms with van der Waals surface area (Å²) in [5.41, 5.74) is 0.809. The third-order valence-electron chi connectivity index (χ3n) is 6.56. The van der Waals surface area contributed by atoms with Gasteiger partial charge in [0.1, 0.15) is 18.7 Å². The van der Waals surface area contributed by atoms with E-state index in [0.717, 1.165) is 5.56 Å². The molecule has 1 aromatic rings. The summed E-state index contributed by atoms with van der Waals surface area (Å²) < 4.78 is 10.2. The van der Waals surface area contributed by atoms with Crippen molar-refractivity contribution in [3.63, 3.8) is 0 Å². The number of ether oxygens (including phenoxy) is 2. The van der Waals surface area contributed by atoms with Crippen molar-refractivity contribution in [1.29, 1.82) is 0 Å². The van der Waals surface area contributed by atoms with Crippen LogP contribution in [0.3, 0.4) is 0 Å². The minimum absolute atomic E-state index is 0.0528. The van der Waals surface area contributed by atoms with E-state index < -0.39 is 42.0 Å². The molecule has 1 heterocycles. The molecule has 4 atom stereocenters. The Morgan fingerprint density at radius 1 is 1.00 bits per heavy atom. The summed E-state index contributed by atoms with van der Waals surface area (Å²) in [6.07, 6.45) is 3.24. The molecular formula is C30H44N4O7. The zero-order valence-corrected chi connectivity index (χ0v) is 24.6. The summed E-state index contributed by atoms with van der Waals surface area (Å²) >= 11 is 0. The molecule has 11 heteroatoms. The van der Waals surface area contributed by atoms with E-state index in [0.29, 0.717) is 25.8 Å². The number of esters is 1. The zero-order valence-electron chi connectivity index (χ0n) is 24.6.